The van der Waals surface area contributed by atoms with Crippen LogP contribution in [-0.2, 0) is 10.2 Å². The molecule has 0 aliphatic carbocycles. The van der Waals surface area contributed by atoms with Crippen LogP contribution in [0.3, 0.4) is 0 Å². The van der Waals surface area contributed by atoms with Crippen LogP contribution < -0.4 is 10.1 Å². The Kier molecular flexibility index (Phi) is 4.89. The Morgan fingerprint density at radius 2 is 1.52 bits per heavy atom. The Morgan fingerprint density at radius 3 is 2.14 bits per heavy atom. The lowest BCUT2D eigenvalue weighted by Gasteiger charge is -2.19. The minimum atomic E-state index is -0.235. The summed E-state index contributed by atoms with van der Waals surface area (Å²) in [5, 5.41) is 3.37. The maximum atomic E-state index is 12.2. The molecule has 1 aliphatic heterocycles. The van der Waals surface area contributed by atoms with Gasteiger partial charge in [-0.1, -0.05) is 44.5 Å². The van der Waals surface area contributed by atoms with Gasteiger partial charge in [-0.15, -0.1) is 0 Å². The fraction of sp³-hybridized carbons (Fsp3) is 0.167. The summed E-state index contributed by atoms with van der Waals surface area (Å²) in [5.41, 5.74) is 3.81. The number of carbonyl (C=O) groups excluding carboxylic acids is 1. The summed E-state index contributed by atoms with van der Waals surface area (Å²) in [7, 11) is 0. The van der Waals surface area contributed by atoms with Crippen LogP contribution in [0.1, 0.15) is 31.9 Å². The summed E-state index contributed by atoms with van der Waals surface area (Å²) in [5.74, 6) is 1.24. The molecule has 5 heteroatoms. The molecule has 146 valence electrons. The smallest absolute Gasteiger partial charge is 0.275 e. The second-order valence-electron chi connectivity index (χ2n) is 7.97. The molecule has 1 amide bonds. The molecule has 0 atom stereocenters. The lowest BCUT2D eigenvalue weighted by Crippen LogP contribution is -2.13. The highest BCUT2D eigenvalue weighted by atomic mass is 35.5. The minimum Gasteiger partial charge on any atom is -0.457 e. The maximum absolute atomic E-state index is 12.2. The highest BCUT2D eigenvalue weighted by molar-refractivity contribution is 6.54. The number of ether oxygens (including phenoxy) is 1. The highest BCUT2D eigenvalue weighted by Crippen LogP contribution is 2.30. The summed E-state index contributed by atoms with van der Waals surface area (Å²) in [6, 6.07) is 20.7. The van der Waals surface area contributed by atoms with Crippen molar-refractivity contribution in [1.29, 1.82) is 0 Å². The van der Waals surface area contributed by atoms with Crippen molar-refractivity contribution in [3.05, 3.63) is 82.9 Å². The average molecular weight is 405 g/mol. The van der Waals surface area contributed by atoms with E-state index >= 15 is 0 Å². The van der Waals surface area contributed by atoms with Gasteiger partial charge >= 0.3 is 0 Å². The van der Waals surface area contributed by atoms with Crippen molar-refractivity contribution in [3.63, 3.8) is 0 Å². The van der Waals surface area contributed by atoms with Gasteiger partial charge in [0.15, 0.2) is 0 Å². The van der Waals surface area contributed by atoms with E-state index in [0.717, 1.165) is 11.4 Å². The van der Waals surface area contributed by atoms with Crippen molar-refractivity contribution in [2.75, 3.05) is 5.32 Å². The van der Waals surface area contributed by atoms with Gasteiger partial charge in [-0.3, -0.25) is 4.79 Å². The fourth-order valence-electron chi connectivity index (χ4n) is 3.11. The second kappa shape index (κ2) is 7.37. The zero-order valence-corrected chi connectivity index (χ0v) is 17.2. The zero-order chi connectivity index (χ0) is 20.6. The first-order chi connectivity index (χ1) is 13.8. The van der Waals surface area contributed by atoms with Crippen LogP contribution in [0.5, 0.6) is 11.5 Å². The van der Waals surface area contributed by atoms with E-state index in [0.29, 0.717) is 27.7 Å². The zero-order valence-electron chi connectivity index (χ0n) is 16.5. The van der Waals surface area contributed by atoms with Crippen molar-refractivity contribution >= 4 is 34.6 Å². The summed E-state index contributed by atoms with van der Waals surface area (Å²) in [4.78, 5) is 16.7. The number of carbonyl (C=O) groups is 1. The largest absolute Gasteiger partial charge is 0.457 e. The molecule has 3 aromatic rings. The Labute approximate surface area is 175 Å². The number of benzene rings is 3. The van der Waals surface area contributed by atoms with E-state index in [9.17, 15) is 4.79 Å². The molecule has 3 aromatic carbocycles. The number of anilines is 1. The second-order valence-corrected chi connectivity index (χ2v) is 8.41. The monoisotopic (exact) mass is 404 g/mol. The molecular formula is C24H21ClN2O2. The molecule has 1 aliphatic rings. The van der Waals surface area contributed by atoms with E-state index in [2.05, 4.69) is 43.2 Å². The third-order valence-electron chi connectivity index (χ3n) is 4.73. The Morgan fingerprint density at radius 1 is 0.897 bits per heavy atom. The van der Waals surface area contributed by atoms with Crippen molar-refractivity contribution in [2.24, 2.45) is 4.99 Å². The topological polar surface area (TPSA) is 50.7 Å². The molecule has 0 unspecified atom stereocenters. The molecule has 0 spiro atoms. The number of hydrogen-bond acceptors (Lipinski definition) is 3. The van der Waals surface area contributed by atoms with Gasteiger partial charge in [-0.2, -0.15) is 0 Å². The number of nitrogens with one attached hydrogen (secondary N) is 1. The van der Waals surface area contributed by atoms with E-state index in [1.54, 1.807) is 18.2 Å². The van der Waals surface area contributed by atoms with Crippen LogP contribution in [0.15, 0.2) is 71.7 Å². The number of halogens is 1. The lowest BCUT2D eigenvalue weighted by molar-refractivity contribution is -0.110. The number of fused-ring (bicyclic) bond motifs is 1. The predicted octanol–water partition coefficient (Wildman–Crippen LogP) is 6.50. The van der Waals surface area contributed by atoms with Crippen molar-refractivity contribution in [1.82, 2.24) is 0 Å². The van der Waals surface area contributed by atoms with E-state index in [4.69, 9.17) is 16.3 Å². The number of rotatable bonds is 3. The Hall–Kier alpha value is -3.11. The normalized spacial score (nSPS) is 14.6. The Balaban J connectivity index is 1.52. The van der Waals surface area contributed by atoms with Gasteiger partial charge in [-0.25, -0.2) is 4.99 Å². The SMILES string of the molecule is CC(C)(C)c1ccc(Oc2ccc(N=C3C(=O)Nc4ccc(Cl)cc43)cc2)cc1. The third-order valence-corrected chi connectivity index (χ3v) is 4.97. The molecule has 0 aromatic heterocycles. The lowest BCUT2D eigenvalue weighted by atomic mass is 9.87. The molecule has 0 bridgehead atoms. The van der Waals surface area contributed by atoms with Crippen LogP contribution >= 0.6 is 11.6 Å². The first kappa shape index (κ1) is 19.2. The molecule has 29 heavy (non-hydrogen) atoms. The number of aliphatic imine (C=N–C) groups is 1. The molecule has 4 nitrogen and oxygen atoms in total. The highest BCUT2D eigenvalue weighted by Gasteiger charge is 2.26. The predicted molar refractivity (Wildman–Crippen MR) is 118 cm³/mol. The van der Waals surface area contributed by atoms with Gasteiger partial charge in [0, 0.05) is 10.6 Å². The number of amides is 1. The van der Waals surface area contributed by atoms with Gasteiger partial charge in [0.2, 0.25) is 0 Å². The van der Waals surface area contributed by atoms with Crippen LogP contribution in [0, 0.1) is 0 Å². The number of nitrogens with zero attached hydrogens (tertiary/aromatic N) is 1. The minimum absolute atomic E-state index is 0.106. The van der Waals surface area contributed by atoms with Gasteiger partial charge in [-0.05, 0) is 65.6 Å². The summed E-state index contributed by atoms with van der Waals surface area (Å²) in [6.45, 7) is 6.54. The van der Waals surface area contributed by atoms with Crippen LogP contribution in [0.25, 0.3) is 0 Å². The van der Waals surface area contributed by atoms with Crippen molar-refractivity contribution < 1.29 is 9.53 Å². The summed E-state index contributed by atoms with van der Waals surface area (Å²) in [6.07, 6.45) is 0. The van der Waals surface area contributed by atoms with E-state index in [1.165, 1.54) is 5.56 Å². The average Bonchev–Trinajstić information content (AvgIpc) is 2.98. The summed E-state index contributed by atoms with van der Waals surface area (Å²) < 4.78 is 5.92. The molecule has 4 rings (SSSR count). The summed E-state index contributed by atoms with van der Waals surface area (Å²) >= 11 is 6.06. The maximum Gasteiger partial charge on any atom is 0.275 e. The van der Waals surface area contributed by atoms with Gasteiger partial charge in [0.1, 0.15) is 17.2 Å². The van der Waals surface area contributed by atoms with Gasteiger partial charge < -0.3 is 10.1 Å². The molecule has 0 saturated carbocycles. The number of hydrogen-bond donors (Lipinski definition) is 1. The van der Waals surface area contributed by atoms with Gasteiger partial charge in [0.05, 0.1) is 11.4 Å². The molecule has 0 radical (unpaired) electrons. The molecule has 1 heterocycles. The van der Waals surface area contributed by atoms with Crippen molar-refractivity contribution in [2.45, 2.75) is 26.2 Å². The van der Waals surface area contributed by atoms with Crippen LogP contribution in [-0.4, -0.2) is 11.6 Å². The van der Waals surface area contributed by atoms with Crippen molar-refractivity contribution in [3.8, 4) is 11.5 Å². The van der Waals surface area contributed by atoms with Crippen LogP contribution in [0.4, 0.5) is 11.4 Å². The molecule has 0 fully saturated rings. The quantitative estimate of drug-likeness (QED) is 0.541. The van der Waals surface area contributed by atoms with Crippen LogP contribution in [0.2, 0.25) is 5.02 Å². The van der Waals surface area contributed by atoms with E-state index in [1.807, 2.05) is 36.4 Å². The van der Waals surface area contributed by atoms with Gasteiger partial charge in [0.25, 0.3) is 5.91 Å². The molecular weight excluding hydrogens is 384 g/mol. The Bertz CT molecular complexity index is 1100. The molecule has 1 N–H and O–H groups in total. The first-order valence-corrected chi connectivity index (χ1v) is 9.76. The first-order valence-electron chi connectivity index (χ1n) is 9.38. The standard InChI is InChI=1S/C24H21ClN2O2/c1-24(2,3)15-4-9-18(10-5-15)29-19-11-7-17(8-12-19)26-22-20-14-16(25)6-13-21(20)27-23(22)28/h4-14H,1-3H3,(H,26,27,28). The fourth-order valence-corrected chi connectivity index (χ4v) is 3.29. The third kappa shape index (κ3) is 4.17. The van der Waals surface area contributed by atoms with E-state index < -0.39 is 0 Å². The van der Waals surface area contributed by atoms with E-state index in [-0.39, 0.29) is 11.3 Å². The molecule has 0 saturated heterocycles.